The van der Waals surface area contributed by atoms with Gasteiger partial charge in [0.15, 0.2) is 5.13 Å². The molecule has 0 unspecified atom stereocenters. The lowest BCUT2D eigenvalue weighted by atomic mass is 9.79. The van der Waals surface area contributed by atoms with Gasteiger partial charge >= 0.3 is 0 Å². The third-order valence-corrected chi connectivity index (χ3v) is 7.08. The molecule has 0 saturated carbocycles. The maximum atomic E-state index is 6.29. The highest BCUT2D eigenvalue weighted by Gasteiger charge is 2.40. The smallest absolute Gasteiger partial charge is 0.234 e. The molecule has 3 heterocycles. The van der Waals surface area contributed by atoms with E-state index >= 15 is 0 Å². The predicted octanol–water partition coefficient (Wildman–Crippen LogP) is 5.11. The number of halogens is 1. The van der Waals surface area contributed by atoms with Gasteiger partial charge in [-0.15, -0.1) is 0 Å². The number of methoxy groups -OCH3 is 1. The molecule has 7 heteroatoms. The van der Waals surface area contributed by atoms with E-state index in [4.69, 9.17) is 26.1 Å². The van der Waals surface area contributed by atoms with Crippen molar-refractivity contribution in [1.82, 2.24) is 10.3 Å². The zero-order valence-electron chi connectivity index (χ0n) is 17.4. The standard InChI is InChI=1S/C21H28ClN3O2S/c1-20(2)9-12(10-21(3,4)24-20)25(5)19-23-18-17(28-19)13-7-8-15(22)16(26-6)14(13)11-27-18/h7-8,12,24H,9-11H2,1-6H3. The summed E-state index contributed by atoms with van der Waals surface area (Å²) in [7, 11) is 3.79. The van der Waals surface area contributed by atoms with E-state index in [-0.39, 0.29) is 11.1 Å². The van der Waals surface area contributed by atoms with Crippen LogP contribution < -0.4 is 19.7 Å². The molecule has 1 aromatic heterocycles. The van der Waals surface area contributed by atoms with Crippen molar-refractivity contribution in [3.63, 3.8) is 0 Å². The van der Waals surface area contributed by atoms with Gasteiger partial charge < -0.3 is 19.7 Å². The number of anilines is 1. The van der Waals surface area contributed by atoms with Gasteiger partial charge in [-0.3, -0.25) is 0 Å². The van der Waals surface area contributed by atoms with Gasteiger partial charge in [0.05, 0.1) is 12.1 Å². The summed E-state index contributed by atoms with van der Waals surface area (Å²) in [5.74, 6) is 1.39. The van der Waals surface area contributed by atoms with Crippen molar-refractivity contribution in [1.29, 1.82) is 0 Å². The van der Waals surface area contributed by atoms with Crippen LogP contribution in [0.4, 0.5) is 5.13 Å². The third kappa shape index (κ3) is 3.46. The van der Waals surface area contributed by atoms with E-state index in [2.05, 4.69) is 45.0 Å². The second-order valence-corrected chi connectivity index (χ2v) is 10.5. The number of nitrogens with one attached hydrogen (secondary N) is 1. The van der Waals surface area contributed by atoms with E-state index in [0.29, 0.717) is 29.3 Å². The van der Waals surface area contributed by atoms with Crippen LogP contribution in [0.25, 0.3) is 10.4 Å². The van der Waals surface area contributed by atoms with E-state index in [1.165, 1.54) is 0 Å². The maximum absolute atomic E-state index is 6.29. The number of piperidine rings is 1. The summed E-state index contributed by atoms with van der Waals surface area (Å²) in [6.45, 7) is 9.52. The summed E-state index contributed by atoms with van der Waals surface area (Å²) in [6.07, 6.45) is 2.14. The van der Waals surface area contributed by atoms with Crippen LogP contribution in [0.2, 0.25) is 5.02 Å². The average Bonchev–Trinajstić information content (AvgIpc) is 3.02. The van der Waals surface area contributed by atoms with Crippen molar-refractivity contribution in [3.05, 3.63) is 22.7 Å². The summed E-state index contributed by atoms with van der Waals surface area (Å²) in [5.41, 5.74) is 2.27. The van der Waals surface area contributed by atoms with Crippen LogP contribution in [0.1, 0.15) is 46.1 Å². The number of ether oxygens (including phenoxy) is 2. The van der Waals surface area contributed by atoms with E-state index in [1.807, 2.05) is 12.1 Å². The summed E-state index contributed by atoms with van der Waals surface area (Å²) in [4.78, 5) is 8.20. The number of hydrogen-bond donors (Lipinski definition) is 1. The van der Waals surface area contributed by atoms with Gasteiger partial charge in [0.1, 0.15) is 17.2 Å². The van der Waals surface area contributed by atoms with Crippen LogP contribution in [0.3, 0.4) is 0 Å². The van der Waals surface area contributed by atoms with Crippen LogP contribution in [-0.2, 0) is 6.61 Å². The maximum Gasteiger partial charge on any atom is 0.234 e. The van der Waals surface area contributed by atoms with Gasteiger partial charge in [0.25, 0.3) is 0 Å². The molecule has 5 nitrogen and oxygen atoms in total. The summed E-state index contributed by atoms with van der Waals surface area (Å²) >= 11 is 7.97. The lowest BCUT2D eigenvalue weighted by molar-refractivity contribution is 0.161. The van der Waals surface area contributed by atoms with Crippen molar-refractivity contribution < 1.29 is 9.47 Å². The molecule has 2 aliphatic rings. The fourth-order valence-electron chi connectivity index (χ4n) is 4.73. The van der Waals surface area contributed by atoms with Gasteiger partial charge in [-0.2, -0.15) is 4.98 Å². The van der Waals surface area contributed by atoms with E-state index in [9.17, 15) is 0 Å². The van der Waals surface area contributed by atoms with Crippen LogP contribution in [0.15, 0.2) is 12.1 Å². The number of aromatic nitrogens is 1. The molecule has 0 atom stereocenters. The topological polar surface area (TPSA) is 46.6 Å². The first kappa shape index (κ1) is 19.8. The minimum Gasteiger partial charge on any atom is -0.495 e. The largest absolute Gasteiger partial charge is 0.495 e. The number of nitrogens with zero attached hydrogens (tertiary/aromatic N) is 2. The Hall–Kier alpha value is -1.50. The molecular formula is C21H28ClN3O2S. The van der Waals surface area contributed by atoms with Crippen LogP contribution >= 0.6 is 22.9 Å². The Morgan fingerprint density at radius 1 is 1.25 bits per heavy atom. The molecule has 0 amide bonds. The molecule has 28 heavy (non-hydrogen) atoms. The van der Waals surface area contributed by atoms with Gasteiger partial charge in [-0.05, 0) is 46.6 Å². The molecule has 152 valence electrons. The quantitative estimate of drug-likeness (QED) is 0.746. The van der Waals surface area contributed by atoms with Crippen LogP contribution in [0.5, 0.6) is 11.6 Å². The van der Waals surface area contributed by atoms with E-state index in [1.54, 1.807) is 18.4 Å². The van der Waals surface area contributed by atoms with Gasteiger partial charge in [-0.1, -0.05) is 29.0 Å². The zero-order valence-corrected chi connectivity index (χ0v) is 18.9. The lowest BCUT2D eigenvalue weighted by Crippen LogP contribution is -2.61. The number of rotatable bonds is 3. The van der Waals surface area contributed by atoms with Gasteiger partial charge in [0, 0.05) is 35.3 Å². The Morgan fingerprint density at radius 2 is 1.93 bits per heavy atom. The molecule has 1 saturated heterocycles. The number of fused-ring (bicyclic) bond motifs is 3. The molecule has 0 aliphatic carbocycles. The Balaban J connectivity index is 1.68. The average molecular weight is 422 g/mol. The molecule has 1 fully saturated rings. The Kier molecular flexibility index (Phi) is 4.80. The highest BCUT2D eigenvalue weighted by Crippen LogP contribution is 2.48. The van der Waals surface area contributed by atoms with E-state index < -0.39 is 0 Å². The molecule has 1 N–H and O–H groups in total. The highest BCUT2D eigenvalue weighted by atomic mass is 35.5. The monoisotopic (exact) mass is 421 g/mol. The minimum atomic E-state index is 0.0881. The number of thiazole rings is 1. The first-order chi connectivity index (χ1) is 13.1. The summed E-state index contributed by atoms with van der Waals surface area (Å²) in [6, 6.07) is 4.34. The highest BCUT2D eigenvalue weighted by molar-refractivity contribution is 7.19. The molecule has 0 radical (unpaired) electrons. The number of benzene rings is 1. The third-order valence-electron chi connectivity index (χ3n) is 5.62. The Morgan fingerprint density at radius 3 is 2.57 bits per heavy atom. The Bertz CT molecular complexity index is 893. The van der Waals surface area contributed by atoms with Crippen LogP contribution in [-0.4, -0.2) is 36.3 Å². The zero-order chi connectivity index (χ0) is 20.3. The van der Waals surface area contributed by atoms with Crippen molar-refractivity contribution in [2.45, 2.75) is 64.3 Å². The molecule has 4 rings (SSSR count). The summed E-state index contributed by atoms with van der Waals surface area (Å²) in [5, 5.41) is 5.35. The minimum absolute atomic E-state index is 0.0881. The normalized spacial score (nSPS) is 20.1. The summed E-state index contributed by atoms with van der Waals surface area (Å²) < 4.78 is 11.5. The fraction of sp³-hybridized carbons (Fsp3) is 0.571. The molecular weight excluding hydrogens is 394 g/mol. The van der Waals surface area contributed by atoms with Crippen molar-refractivity contribution in [2.75, 3.05) is 19.1 Å². The molecule has 2 aliphatic heterocycles. The molecule has 0 spiro atoms. The molecule has 2 aromatic rings. The van der Waals surface area contributed by atoms with Crippen molar-refractivity contribution >= 4 is 28.1 Å². The van der Waals surface area contributed by atoms with Gasteiger partial charge in [-0.25, -0.2) is 0 Å². The predicted molar refractivity (Wildman–Crippen MR) is 116 cm³/mol. The first-order valence-electron chi connectivity index (χ1n) is 9.62. The van der Waals surface area contributed by atoms with Crippen LogP contribution in [0, 0.1) is 0 Å². The molecule has 1 aromatic carbocycles. The second-order valence-electron chi connectivity index (χ2n) is 9.09. The lowest BCUT2D eigenvalue weighted by Gasteiger charge is -2.48. The SMILES string of the molecule is COc1c(Cl)ccc2c1COc1nc(N(C)C3CC(C)(C)NC(C)(C)C3)sc1-2. The van der Waals surface area contributed by atoms with Gasteiger partial charge in [0.2, 0.25) is 5.88 Å². The Labute approximate surface area is 176 Å². The van der Waals surface area contributed by atoms with Crippen molar-refractivity contribution in [2.24, 2.45) is 0 Å². The molecule has 0 bridgehead atoms. The van der Waals surface area contributed by atoms with E-state index in [0.717, 1.165) is 34.0 Å². The fourth-order valence-corrected chi connectivity index (χ4v) is 6.08. The number of hydrogen-bond acceptors (Lipinski definition) is 6. The first-order valence-corrected chi connectivity index (χ1v) is 10.8. The van der Waals surface area contributed by atoms with Crippen molar-refractivity contribution in [3.8, 4) is 22.1 Å². The second kappa shape index (κ2) is 6.78.